The molecule has 0 spiro atoms. The van der Waals surface area contributed by atoms with Gasteiger partial charge in [-0.25, -0.2) is 0 Å². The zero-order chi connectivity index (χ0) is 14.5. The molecule has 4 heteroatoms. The molecule has 20 heavy (non-hydrogen) atoms. The SMILES string of the molecule is CC(C(=O)O)c1ccc(CN(CCC#N)C2CC2)cc1. The molecule has 106 valence electrons. The van der Waals surface area contributed by atoms with Crippen LogP contribution in [0.2, 0.25) is 0 Å². The maximum absolute atomic E-state index is 10.9. The molecule has 1 aromatic rings. The fourth-order valence-electron chi connectivity index (χ4n) is 2.31. The maximum Gasteiger partial charge on any atom is 0.310 e. The van der Waals surface area contributed by atoms with Crippen LogP contribution in [0.1, 0.15) is 43.2 Å². The van der Waals surface area contributed by atoms with E-state index in [4.69, 9.17) is 10.4 Å². The van der Waals surface area contributed by atoms with Crippen molar-refractivity contribution in [1.29, 1.82) is 5.26 Å². The lowest BCUT2D eigenvalue weighted by molar-refractivity contribution is -0.138. The molecule has 0 saturated heterocycles. The first-order valence-corrected chi connectivity index (χ1v) is 7.04. The third kappa shape index (κ3) is 3.82. The van der Waals surface area contributed by atoms with Gasteiger partial charge in [0.05, 0.1) is 12.0 Å². The van der Waals surface area contributed by atoms with Gasteiger partial charge in [-0.05, 0) is 30.9 Å². The first kappa shape index (κ1) is 14.5. The van der Waals surface area contributed by atoms with Crippen molar-refractivity contribution in [3.05, 3.63) is 35.4 Å². The van der Waals surface area contributed by atoms with Crippen LogP contribution in [0.3, 0.4) is 0 Å². The van der Waals surface area contributed by atoms with E-state index >= 15 is 0 Å². The van der Waals surface area contributed by atoms with Crippen molar-refractivity contribution >= 4 is 5.97 Å². The fourth-order valence-corrected chi connectivity index (χ4v) is 2.31. The molecule has 0 aromatic heterocycles. The van der Waals surface area contributed by atoms with Gasteiger partial charge in [-0.3, -0.25) is 9.69 Å². The third-order valence-corrected chi connectivity index (χ3v) is 3.81. The Morgan fingerprint density at radius 2 is 2.10 bits per heavy atom. The highest BCUT2D eigenvalue weighted by Gasteiger charge is 2.28. The molecule has 2 rings (SSSR count). The Kier molecular flexibility index (Phi) is 4.75. The van der Waals surface area contributed by atoms with Gasteiger partial charge in [0.25, 0.3) is 0 Å². The number of nitriles is 1. The number of hydrogen-bond acceptors (Lipinski definition) is 3. The minimum Gasteiger partial charge on any atom is -0.481 e. The van der Waals surface area contributed by atoms with Gasteiger partial charge in [0.15, 0.2) is 0 Å². The molecule has 0 aliphatic heterocycles. The van der Waals surface area contributed by atoms with Crippen molar-refractivity contribution in [2.45, 2.75) is 44.7 Å². The summed E-state index contributed by atoms with van der Waals surface area (Å²) >= 11 is 0. The van der Waals surface area contributed by atoms with E-state index < -0.39 is 11.9 Å². The van der Waals surface area contributed by atoms with Crippen molar-refractivity contribution < 1.29 is 9.90 Å². The molecule has 0 amide bonds. The second-order valence-corrected chi connectivity index (χ2v) is 5.41. The first-order valence-electron chi connectivity index (χ1n) is 7.04. The number of rotatable bonds is 7. The van der Waals surface area contributed by atoms with Crippen LogP contribution in [0.25, 0.3) is 0 Å². The highest BCUT2D eigenvalue weighted by molar-refractivity contribution is 5.75. The second kappa shape index (κ2) is 6.53. The summed E-state index contributed by atoms with van der Waals surface area (Å²) in [5, 5.41) is 17.7. The summed E-state index contributed by atoms with van der Waals surface area (Å²) in [6, 6.07) is 10.6. The summed E-state index contributed by atoms with van der Waals surface area (Å²) in [7, 11) is 0. The number of hydrogen-bond donors (Lipinski definition) is 1. The lowest BCUT2D eigenvalue weighted by Crippen LogP contribution is -2.26. The zero-order valence-corrected chi connectivity index (χ0v) is 11.7. The topological polar surface area (TPSA) is 64.3 Å². The monoisotopic (exact) mass is 272 g/mol. The van der Waals surface area contributed by atoms with Gasteiger partial charge in [0.2, 0.25) is 0 Å². The number of aliphatic carboxylic acids is 1. The van der Waals surface area contributed by atoms with E-state index in [9.17, 15) is 4.79 Å². The number of carboxylic acids is 1. The standard InChI is InChI=1S/C16H20N2O2/c1-12(16(19)20)14-5-3-13(4-6-14)11-18(10-2-9-17)15-7-8-15/h3-6,12,15H,2,7-8,10-11H2,1H3,(H,19,20). The Balaban J connectivity index is 1.98. The smallest absolute Gasteiger partial charge is 0.310 e. The quantitative estimate of drug-likeness (QED) is 0.829. The Hall–Kier alpha value is -1.86. The number of nitrogens with zero attached hydrogens (tertiary/aromatic N) is 2. The molecule has 1 fully saturated rings. The van der Waals surface area contributed by atoms with Crippen LogP contribution in [-0.2, 0) is 11.3 Å². The van der Waals surface area contributed by atoms with Crippen molar-refractivity contribution in [2.24, 2.45) is 0 Å². The van der Waals surface area contributed by atoms with Gasteiger partial charge in [-0.15, -0.1) is 0 Å². The van der Waals surface area contributed by atoms with E-state index in [-0.39, 0.29) is 0 Å². The van der Waals surface area contributed by atoms with Crippen LogP contribution in [0, 0.1) is 11.3 Å². The average Bonchev–Trinajstić information content (AvgIpc) is 3.27. The summed E-state index contributed by atoms with van der Waals surface area (Å²) < 4.78 is 0. The summed E-state index contributed by atoms with van der Waals surface area (Å²) in [5.41, 5.74) is 2.01. The number of carboxylic acid groups (broad SMARTS) is 1. The van der Waals surface area contributed by atoms with Crippen LogP contribution >= 0.6 is 0 Å². The molecule has 1 aliphatic rings. The third-order valence-electron chi connectivity index (χ3n) is 3.81. The van der Waals surface area contributed by atoms with E-state index in [1.807, 2.05) is 24.3 Å². The Labute approximate surface area is 119 Å². The van der Waals surface area contributed by atoms with E-state index in [2.05, 4.69) is 11.0 Å². The van der Waals surface area contributed by atoms with E-state index in [0.717, 1.165) is 18.7 Å². The molecule has 0 radical (unpaired) electrons. The molecule has 1 saturated carbocycles. The summed E-state index contributed by atoms with van der Waals surface area (Å²) in [6.45, 7) is 3.35. The first-order chi connectivity index (χ1) is 9.61. The minimum atomic E-state index is -0.800. The van der Waals surface area contributed by atoms with E-state index in [1.165, 1.54) is 18.4 Å². The van der Waals surface area contributed by atoms with Gasteiger partial charge in [0.1, 0.15) is 0 Å². The second-order valence-electron chi connectivity index (χ2n) is 5.41. The van der Waals surface area contributed by atoms with Gasteiger partial charge in [-0.1, -0.05) is 24.3 Å². The molecule has 1 aliphatic carbocycles. The van der Waals surface area contributed by atoms with E-state index in [0.29, 0.717) is 12.5 Å². The van der Waals surface area contributed by atoms with Crippen LogP contribution in [0.15, 0.2) is 24.3 Å². The van der Waals surface area contributed by atoms with Crippen molar-refractivity contribution in [2.75, 3.05) is 6.54 Å². The van der Waals surface area contributed by atoms with Crippen LogP contribution < -0.4 is 0 Å². The van der Waals surface area contributed by atoms with Crippen LogP contribution in [-0.4, -0.2) is 28.6 Å². The molecular weight excluding hydrogens is 252 g/mol. The highest BCUT2D eigenvalue weighted by atomic mass is 16.4. The molecule has 4 nitrogen and oxygen atoms in total. The van der Waals surface area contributed by atoms with Crippen molar-refractivity contribution in [1.82, 2.24) is 4.90 Å². The Morgan fingerprint density at radius 1 is 1.45 bits per heavy atom. The lowest BCUT2D eigenvalue weighted by atomic mass is 10.00. The predicted octanol–water partition coefficient (Wildman–Crippen LogP) is 2.75. The minimum absolute atomic E-state index is 0.470. The van der Waals surface area contributed by atoms with Gasteiger partial charge in [0, 0.05) is 25.6 Å². The molecule has 1 aromatic carbocycles. The van der Waals surface area contributed by atoms with Crippen LogP contribution in [0.5, 0.6) is 0 Å². The summed E-state index contributed by atoms with van der Waals surface area (Å²) in [5.74, 6) is -1.27. The Morgan fingerprint density at radius 3 is 2.60 bits per heavy atom. The zero-order valence-electron chi connectivity index (χ0n) is 11.7. The highest BCUT2D eigenvalue weighted by Crippen LogP contribution is 2.28. The molecular formula is C16H20N2O2. The van der Waals surface area contributed by atoms with Gasteiger partial charge in [-0.2, -0.15) is 5.26 Å². The van der Waals surface area contributed by atoms with Crippen molar-refractivity contribution in [3.8, 4) is 6.07 Å². The molecule has 0 heterocycles. The largest absolute Gasteiger partial charge is 0.481 e. The molecule has 1 N–H and O–H groups in total. The van der Waals surface area contributed by atoms with Gasteiger partial charge >= 0.3 is 5.97 Å². The molecule has 1 atom stereocenters. The Bertz CT molecular complexity index is 500. The lowest BCUT2D eigenvalue weighted by Gasteiger charge is -2.21. The number of benzene rings is 1. The number of carbonyl (C=O) groups is 1. The fraction of sp³-hybridized carbons (Fsp3) is 0.500. The summed E-state index contributed by atoms with van der Waals surface area (Å²) in [4.78, 5) is 13.3. The summed E-state index contributed by atoms with van der Waals surface area (Å²) in [6.07, 6.45) is 3.00. The molecule has 1 unspecified atom stereocenters. The van der Waals surface area contributed by atoms with Crippen molar-refractivity contribution in [3.63, 3.8) is 0 Å². The van der Waals surface area contributed by atoms with E-state index in [1.54, 1.807) is 6.92 Å². The van der Waals surface area contributed by atoms with Crippen LogP contribution in [0.4, 0.5) is 0 Å². The maximum atomic E-state index is 10.9. The van der Waals surface area contributed by atoms with Gasteiger partial charge < -0.3 is 5.11 Å². The predicted molar refractivity (Wildman–Crippen MR) is 76.2 cm³/mol. The normalized spacial score (nSPS) is 15.8. The average molecular weight is 272 g/mol. The molecule has 0 bridgehead atoms.